The van der Waals surface area contributed by atoms with Crippen LogP contribution in [-0.2, 0) is 13.0 Å². The van der Waals surface area contributed by atoms with Crippen LogP contribution in [-0.4, -0.2) is 27.9 Å². The predicted molar refractivity (Wildman–Crippen MR) is 110 cm³/mol. The Hall–Kier alpha value is -2.79. The third kappa shape index (κ3) is 3.38. The van der Waals surface area contributed by atoms with Crippen LogP contribution in [0.1, 0.15) is 36.1 Å². The number of ether oxygens (including phenoxy) is 2. The number of hydrogen-bond donors (Lipinski definition) is 0. The fourth-order valence-corrected chi connectivity index (χ4v) is 4.00. The summed E-state index contributed by atoms with van der Waals surface area (Å²) in [6.07, 6.45) is 5.05. The molecule has 0 saturated carbocycles. The molecule has 3 aromatic rings. The molecule has 0 radical (unpaired) electrons. The molecule has 5 nitrogen and oxygen atoms in total. The molecule has 0 bridgehead atoms. The Morgan fingerprint density at radius 2 is 2.11 bits per heavy atom. The molecule has 146 valence electrons. The van der Waals surface area contributed by atoms with Gasteiger partial charge in [0.1, 0.15) is 17.6 Å². The van der Waals surface area contributed by atoms with E-state index in [0.29, 0.717) is 6.42 Å². The van der Waals surface area contributed by atoms with Crippen LogP contribution in [0, 0.1) is 6.92 Å². The summed E-state index contributed by atoms with van der Waals surface area (Å²) in [6.45, 7) is 4.90. The summed E-state index contributed by atoms with van der Waals surface area (Å²) in [7, 11) is 1.68. The highest BCUT2D eigenvalue weighted by Gasteiger charge is 2.28. The van der Waals surface area contributed by atoms with E-state index in [2.05, 4.69) is 35.5 Å². The van der Waals surface area contributed by atoms with Gasteiger partial charge in [-0.15, -0.1) is 0 Å². The van der Waals surface area contributed by atoms with Crippen molar-refractivity contribution < 1.29 is 14.6 Å². The SMILES string of the molecule is COc1c(C([OH2+])CCn2cncc2-c2ccccc2C)ccc2c1CC(C)O2. The second-order valence-corrected chi connectivity index (χ2v) is 7.43. The van der Waals surface area contributed by atoms with Crippen LogP contribution < -0.4 is 9.47 Å². The van der Waals surface area contributed by atoms with Crippen molar-refractivity contribution in [3.05, 3.63) is 65.6 Å². The standard InChI is InChI=1S/C23H26N2O3/c1-15-6-4-5-7-17(15)20-13-24-14-25(20)11-10-21(26)18-8-9-22-19(23(18)27-3)12-16(2)28-22/h4-9,13-14,16,21,26H,10-12H2,1-3H3/p+1. The van der Waals surface area contributed by atoms with Gasteiger partial charge >= 0.3 is 0 Å². The van der Waals surface area contributed by atoms with Crippen LogP contribution in [0.4, 0.5) is 0 Å². The highest BCUT2D eigenvalue weighted by molar-refractivity contribution is 5.63. The van der Waals surface area contributed by atoms with E-state index in [-0.39, 0.29) is 12.2 Å². The van der Waals surface area contributed by atoms with Gasteiger partial charge in [-0.3, -0.25) is 0 Å². The number of fused-ring (bicyclic) bond motifs is 1. The van der Waals surface area contributed by atoms with Crippen molar-refractivity contribution in [1.82, 2.24) is 9.55 Å². The van der Waals surface area contributed by atoms with E-state index in [0.717, 1.165) is 41.3 Å². The quantitative estimate of drug-likeness (QED) is 0.607. The van der Waals surface area contributed by atoms with Gasteiger partial charge in [0.05, 0.1) is 30.9 Å². The second kappa shape index (κ2) is 7.68. The highest BCUT2D eigenvalue weighted by Crippen LogP contribution is 2.41. The fourth-order valence-electron chi connectivity index (χ4n) is 4.00. The maximum atomic E-state index is 8.74. The van der Waals surface area contributed by atoms with Crippen LogP contribution in [0.2, 0.25) is 0 Å². The molecule has 1 aliphatic rings. The van der Waals surface area contributed by atoms with Gasteiger partial charge in [-0.1, -0.05) is 24.3 Å². The van der Waals surface area contributed by atoms with E-state index in [1.807, 2.05) is 36.8 Å². The van der Waals surface area contributed by atoms with Crippen LogP contribution in [0.15, 0.2) is 48.9 Å². The number of aryl methyl sites for hydroxylation is 2. The molecule has 4 rings (SSSR count). The van der Waals surface area contributed by atoms with Crippen molar-refractivity contribution in [3.8, 4) is 22.8 Å². The third-order valence-corrected chi connectivity index (χ3v) is 5.44. The molecule has 0 saturated heterocycles. The summed E-state index contributed by atoms with van der Waals surface area (Å²) < 4.78 is 13.6. The largest absolute Gasteiger partial charge is 0.496 e. The van der Waals surface area contributed by atoms with Crippen molar-refractivity contribution in [2.45, 2.75) is 45.4 Å². The molecular formula is C23H27N2O3+. The number of aromatic nitrogens is 2. The van der Waals surface area contributed by atoms with E-state index in [4.69, 9.17) is 14.6 Å². The molecule has 2 heterocycles. The molecule has 2 unspecified atom stereocenters. The molecule has 1 aromatic heterocycles. The first-order chi connectivity index (χ1) is 13.6. The summed E-state index contributed by atoms with van der Waals surface area (Å²) in [5.41, 5.74) is 5.52. The molecule has 2 N–H and O–H groups in total. The van der Waals surface area contributed by atoms with E-state index < -0.39 is 0 Å². The first-order valence-electron chi connectivity index (χ1n) is 9.72. The minimum Gasteiger partial charge on any atom is -0.496 e. The van der Waals surface area contributed by atoms with E-state index in [9.17, 15) is 0 Å². The minimum absolute atomic E-state index is 0.158. The Balaban J connectivity index is 1.54. The fraction of sp³-hybridized carbons (Fsp3) is 0.348. The Morgan fingerprint density at radius 1 is 1.29 bits per heavy atom. The topological polar surface area (TPSA) is 59.2 Å². The maximum Gasteiger partial charge on any atom is 0.185 e. The van der Waals surface area contributed by atoms with Crippen LogP contribution >= 0.6 is 0 Å². The molecule has 1 aliphatic heterocycles. The van der Waals surface area contributed by atoms with Crippen LogP contribution in [0.25, 0.3) is 11.3 Å². The normalized spacial score (nSPS) is 16.5. The monoisotopic (exact) mass is 379 g/mol. The van der Waals surface area contributed by atoms with E-state index in [1.165, 1.54) is 11.1 Å². The van der Waals surface area contributed by atoms with Gasteiger partial charge < -0.3 is 19.1 Å². The smallest absolute Gasteiger partial charge is 0.185 e. The lowest BCUT2D eigenvalue weighted by Gasteiger charge is -2.16. The lowest BCUT2D eigenvalue weighted by Crippen LogP contribution is -2.08. The Bertz CT molecular complexity index is 980. The maximum absolute atomic E-state index is 8.74. The van der Waals surface area contributed by atoms with Crippen molar-refractivity contribution in [3.63, 3.8) is 0 Å². The van der Waals surface area contributed by atoms with Crippen molar-refractivity contribution in [2.75, 3.05) is 7.11 Å². The average molecular weight is 379 g/mol. The average Bonchev–Trinajstić information content (AvgIpc) is 3.31. The zero-order valence-corrected chi connectivity index (χ0v) is 16.6. The van der Waals surface area contributed by atoms with E-state index in [1.54, 1.807) is 7.11 Å². The van der Waals surface area contributed by atoms with Crippen LogP contribution in [0.5, 0.6) is 11.5 Å². The van der Waals surface area contributed by atoms with Gasteiger partial charge in [0, 0.05) is 30.5 Å². The number of nitrogens with zero attached hydrogens (tertiary/aromatic N) is 2. The molecule has 0 aliphatic carbocycles. The van der Waals surface area contributed by atoms with Crippen molar-refractivity contribution in [2.24, 2.45) is 0 Å². The van der Waals surface area contributed by atoms with Crippen molar-refractivity contribution >= 4 is 0 Å². The Kier molecular flexibility index (Phi) is 5.09. The third-order valence-electron chi connectivity index (χ3n) is 5.44. The summed E-state index contributed by atoms with van der Waals surface area (Å²) in [4.78, 5) is 4.34. The van der Waals surface area contributed by atoms with Crippen LogP contribution in [0.3, 0.4) is 0 Å². The van der Waals surface area contributed by atoms with E-state index >= 15 is 0 Å². The molecule has 28 heavy (non-hydrogen) atoms. The van der Waals surface area contributed by atoms with Gasteiger partial charge in [0.2, 0.25) is 0 Å². The first kappa shape index (κ1) is 18.6. The van der Waals surface area contributed by atoms with Gasteiger partial charge in [-0.2, -0.15) is 0 Å². The van der Waals surface area contributed by atoms with Crippen molar-refractivity contribution in [1.29, 1.82) is 0 Å². The summed E-state index contributed by atoms with van der Waals surface area (Å²) in [6, 6.07) is 12.3. The first-order valence-corrected chi connectivity index (χ1v) is 9.72. The number of rotatable bonds is 6. The summed E-state index contributed by atoms with van der Waals surface area (Å²) in [5, 5.41) is 8.74. The zero-order chi connectivity index (χ0) is 19.7. The molecule has 5 heteroatoms. The number of methoxy groups -OCH3 is 1. The number of benzene rings is 2. The molecule has 0 amide bonds. The number of hydrogen-bond acceptors (Lipinski definition) is 3. The molecule has 2 atom stereocenters. The zero-order valence-electron chi connectivity index (χ0n) is 16.6. The minimum atomic E-state index is -0.372. The highest BCUT2D eigenvalue weighted by atomic mass is 16.5. The van der Waals surface area contributed by atoms with Gasteiger partial charge in [0.15, 0.2) is 6.10 Å². The number of imidazole rings is 1. The lowest BCUT2D eigenvalue weighted by atomic mass is 9.99. The summed E-state index contributed by atoms with van der Waals surface area (Å²) >= 11 is 0. The lowest BCUT2D eigenvalue weighted by molar-refractivity contribution is 0.157. The molecule has 0 spiro atoms. The second-order valence-electron chi connectivity index (χ2n) is 7.43. The molecular weight excluding hydrogens is 352 g/mol. The molecule has 0 fully saturated rings. The van der Waals surface area contributed by atoms with Gasteiger partial charge in [-0.25, -0.2) is 4.98 Å². The summed E-state index contributed by atoms with van der Waals surface area (Å²) in [5.74, 6) is 1.70. The Labute approximate surface area is 165 Å². The molecule has 2 aromatic carbocycles. The predicted octanol–water partition coefficient (Wildman–Crippen LogP) is 4.05. The Morgan fingerprint density at radius 3 is 2.89 bits per heavy atom. The van der Waals surface area contributed by atoms with Gasteiger partial charge in [-0.05, 0) is 31.5 Å². The van der Waals surface area contributed by atoms with Gasteiger partial charge in [0.25, 0.3) is 0 Å².